The number of aromatic nitrogens is 4. The number of likely N-dealkylation sites (N-methyl/N-ethyl adjacent to an activating group) is 1. The number of amides is 1. The largest absolute Gasteiger partial charge is 0.304 e. The van der Waals surface area contributed by atoms with E-state index in [1.54, 1.807) is 36.0 Å². The van der Waals surface area contributed by atoms with E-state index < -0.39 is 10.0 Å². The quantitative estimate of drug-likeness (QED) is 0.450. The third-order valence-corrected chi connectivity index (χ3v) is 8.63. The summed E-state index contributed by atoms with van der Waals surface area (Å²) < 4.78 is 29.9. The second-order valence-electron chi connectivity index (χ2n) is 8.05. The number of thiazole rings is 1. The number of piperazine rings is 1. The van der Waals surface area contributed by atoms with Crippen molar-refractivity contribution in [3.8, 4) is 5.82 Å². The molecule has 176 valence electrons. The molecule has 1 amide bonds. The average molecular weight is 498 g/mol. The molecule has 0 bridgehead atoms. The molecule has 0 spiro atoms. The van der Waals surface area contributed by atoms with Gasteiger partial charge in [-0.1, -0.05) is 17.4 Å². The Kier molecular flexibility index (Phi) is 5.90. The average Bonchev–Trinajstić information content (AvgIpc) is 3.42. The summed E-state index contributed by atoms with van der Waals surface area (Å²) in [5.74, 6) is 0.275. The number of nitrogens with zero attached hydrogens (tertiary/aromatic N) is 6. The first kappa shape index (κ1) is 22.6. The third-order valence-electron chi connectivity index (χ3n) is 5.80. The van der Waals surface area contributed by atoms with Crippen molar-refractivity contribution < 1.29 is 13.2 Å². The van der Waals surface area contributed by atoms with Gasteiger partial charge in [0.15, 0.2) is 10.9 Å². The number of nitrogens with one attached hydrogen (secondary N) is 1. The maximum absolute atomic E-state index is 13.1. The third kappa shape index (κ3) is 4.20. The zero-order chi connectivity index (χ0) is 23.9. The summed E-state index contributed by atoms with van der Waals surface area (Å²) in [7, 11) is -1.60. The zero-order valence-corrected chi connectivity index (χ0v) is 20.3. The number of carbonyl (C=O) groups excluding carboxylic acids is 1. The van der Waals surface area contributed by atoms with E-state index in [9.17, 15) is 13.2 Å². The Morgan fingerprint density at radius 3 is 2.65 bits per heavy atom. The van der Waals surface area contributed by atoms with Crippen LogP contribution in [0.5, 0.6) is 0 Å². The van der Waals surface area contributed by atoms with Crippen molar-refractivity contribution in [2.24, 2.45) is 0 Å². The molecule has 0 atom stereocenters. The highest BCUT2D eigenvalue weighted by molar-refractivity contribution is 7.89. The van der Waals surface area contributed by atoms with Gasteiger partial charge in [0.05, 0.1) is 32.6 Å². The Hall–Kier alpha value is -3.19. The van der Waals surface area contributed by atoms with Crippen molar-refractivity contribution in [3.05, 3.63) is 60.0 Å². The molecule has 0 radical (unpaired) electrons. The Labute approximate surface area is 200 Å². The van der Waals surface area contributed by atoms with Crippen LogP contribution < -0.4 is 5.32 Å². The Balaban J connectivity index is 1.36. The fourth-order valence-electron chi connectivity index (χ4n) is 3.80. The van der Waals surface area contributed by atoms with Crippen molar-refractivity contribution in [2.45, 2.75) is 11.8 Å². The summed E-state index contributed by atoms with van der Waals surface area (Å²) in [6.45, 7) is 4.13. The fraction of sp³-hybridized carbons (Fsp3) is 0.273. The minimum atomic E-state index is -3.58. The molecular formula is C22H23N7O3S2. The number of hydrogen-bond acceptors (Lipinski definition) is 8. The van der Waals surface area contributed by atoms with Crippen molar-refractivity contribution in [3.63, 3.8) is 0 Å². The van der Waals surface area contributed by atoms with Crippen molar-refractivity contribution in [1.82, 2.24) is 29.0 Å². The van der Waals surface area contributed by atoms with E-state index in [4.69, 9.17) is 0 Å². The van der Waals surface area contributed by atoms with Gasteiger partial charge in [0.1, 0.15) is 0 Å². The summed E-state index contributed by atoms with van der Waals surface area (Å²) in [5.41, 5.74) is 1.68. The summed E-state index contributed by atoms with van der Waals surface area (Å²) >= 11 is 1.23. The number of rotatable bonds is 5. The molecular weight excluding hydrogens is 474 g/mol. The van der Waals surface area contributed by atoms with Crippen LogP contribution in [0.1, 0.15) is 16.1 Å². The Morgan fingerprint density at radius 2 is 1.91 bits per heavy atom. The van der Waals surface area contributed by atoms with Crippen LogP contribution in [-0.4, -0.2) is 76.5 Å². The fourth-order valence-corrected chi connectivity index (χ4v) is 6.23. The summed E-state index contributed by atoms with van der Waals surface area (Å²) in [6.07, 6.45) is 3.16. The molecule has 1 fully saturated rings. The van der Waals surface area contributed by atoms with E-state index in [2.05, 4.69) is 25.3 Å². The van der Waals surface area contributed by atoms with E-state index in [0.717, 1.165) is 0 Å². The molecule has 3 aromatic heterocycles. The zero-order valence-electron chi connectivity index (χ0n) is 18.7. The van der Waals surface area contributed by atoms with E-state index >= 15 is 0 Å². The second-order valence-corrected chi connectivity index (χ2v) is 11.0. The smallest absolute Gasteiger partial charge is 0.260 e. The van der Waals surface area contributed by atoms with Crippen molar-refractivity contribution >= 4 is 42.6 Å². The highest BCUT2D eigenvalue weighted by Crippen LogP contribution is 2.30. The van der Waals surface area contributed by atoms with Gasteiger partial charge >= 0.3 is 0 Å². The summed E-state index contributed by atoms with van der Waals surface area (Å²) in [5, 5.41) is 7.48. The molecule has 12 heteroatoms. The molecule has 0 aliphatic carbocycles. The minimum absolute atomic E-state index is 0.235. The molecule has 0 saturated carbocycles. The van der Waals surface area contributed by atoms with Gasteiger partial charge in [0, 0.05) is 32.4 Å². The van der Waals surface area contributed by atoms with E-state index in [1.807, 2.05) is 25.2 Å². The predicted molar refractivity (Wildman–Crippen MR) is 130 cm³/mol. The van der Waals surface area contributed by atoms with Crippen LogP contribution in [0.15, 0.2) is 53.7 Å². The highest BCUT2D eigenvalue weighted by Gasteiger charge is 2.28. The summed E-state index contributed by atoms with van der Waals surface area (Å²) in [6, 6.07) is 10.3. The highest BCUT2D eigenvalue weighted by atomic mass is 32.2. The maximum Gasteiger partial charge on any atom is 0.260 e. The van der Waals surface area contributed by atoms with E-state index in [1.165, 1.54) is 21.8 Å². The lowest BCUT2D eigenvalue weighted by Crippen LogP contribution is -2.46. The maximum atomic E-state index is 13.1. The molecule has 4 aromatic rings. The molecule has 1 aromatic carbocycles. The first-order valence-electron chi connectivity index (χ1n) is 10.7. The van der Waals surface area contributed by atoms with E-state index in [-0.39, 0.29) is 10.8 Å². The number of benzene rings is 1. The molecule has 1 aliphatic rings. The van der Waals surface area contributed by atoms with Crippen molar-refractivity contribution in [1.29, 1.82) is 0 Å². The molecule has 4 heterocycles. The van der Waals surface area contributed by atoms with Crippen LogP contribution in [0.4, 0.5) is 5.13 Å². The first-order valence-corrected chi connectivity index (χ1v) is 13.0. The number of sulfonamides is 1. The lowest BCUT2D eigenvalue weighted by molar-refractivity contribution is 0.102. The van der Waals surface area contributed by atoms with Crippen LogP contribution in [0.25, 0.3) is 16.0 Å². The lowest BCUT2D eigenvalue weighted by atomic mass is 10.2. The molecule has 0 unspecified atom stereocenters. The standard InChI is InChI=1S/C22H23N7O3S2/c1-15-17(14-24-29(15)20-5-3-4-8-23-20)21(30)26-22-25-18-7-6-16(13-19(18)33-22)34(31,32)28-11-9-27(2)10-12-28/h3-8,13-14H,9-12H2,1-2H3,(H,25,26,30). The van der Waals surface area contributed by atoms with E-state index in [0.29, 0.717) is 58.6 Å². The van der Waals surface area contributed by atoms with Gasteiger partial charge in [-0.05, 0) is 44.3 Å². The molecule has 1 N–H and O–H groups in total. The number of pyridine rings is 1. The number of fused-ring (bicyclic) bond motifs is 1. The summed E-state index contributed by atoms with van der Waals surface area (Å²) in [4.78, 5) is 23.9. The minimum Gasteiger partial charge on any atom is -0.304 e. The molecule has 5 rings (SSSR count). The molecule has 1 aliphatic heterocycles. The van der Waals surface area contributed by atoms with Gasteiger partial charge in [-0.25, -0.2) is 23.1 Å². The van der Waals surface area contributed by atoms with Crippen LogP contribution in [0.2, 0.25) is 0 Å². The van der Waals surface area contributed by atoms with Gasteiger partial charge in [-0.15, -0.1) is 0 Å². The number of anilines is 1. The second kappa shape index (κ2) is 8.87. The van der Waals surface area contributed by atoms with Crippen LogP contribution >= 0.6 is 11.3 Å². The monoisotopic (exact) mass is 497 g/mol. The van der Waals surface area contributed by atoms with Crippen molar-refractivity contribution in [2.75, 3.05) is 38.5 Å². The van der Waals surface area contributed by atoms with Crippen LogP contribution in [0.3, 0.4) is 0 Å². The van der Waals surface area contributed by atoms with Gasteiger partial charge < -0.3 is 4.90 Å². The Bertz CT molecular complexity index is 1460. The molecule has 10 nitrogen and oxygen atoms in total. The van der Waals surface area contributed by atoms with Crippen LogP contribution in [-0.2, 0) is 10.0 Å². The number of hydrogen-bond donors (Lipinski definition) is 1. The predicted octanol–water partition coefficient (Wildman–Crippen LogP) is 2.37. The first-order chi connectivity index (χ1) is 16.3. The van der Waals surface area contributed by atoms with Gasteiger partial charge in [0.2, 0.25) is 10.0 Å². The SMILES string of the molecule is Cc1c(C(=O)Nc2nc3ccc(S(=O)(=O)N4CCN(C)CC4)cc3s2)cnn1-c1ccccn1. The van der Waals surface area contributed by atoms with Gasteiger partial charge in [-0.2, -0.15) is 9.40 Å². The lowest BCUT2D eigenvalue weighted by Gasteiger charge is -2.31. The molecule has 34 heavy (non-hydrogen) atoms. The normalized spacial score (nSPS) is 15.6. The number of carbonyl (C=O) groups is 1. The van der Waals surface area contributed by atoms with Gasteiger partial charge in [-0.3, -0.25) is 10.1 Å². The molecule has 1 saturated heterocycles. The van der Waals surface area contributed by atoms with Gasteiger partial charge in [0.25, 0.3) is 5.91 Å². The van der Waals surface area contributed by atoms with Crippen LogP contribution in [0, 0.1) is 6.92 Å². The Morgan fingerprint density at radius 1 is 1.12 bits per heavy atom. The topological polar surface area (TPSA) is 113 Å².